The van der Waals surface area contributed by atoms with E-state index in [0.29, 0.717) is 44.7 Å². The van der Waals surface area contributed by atoms with Gasteiger partial charge in [-0.3, -0.25) is 4.79 Å². The van der Waals surface area contributed by atoms with Crippen LogP contribution in [0.3, 0.4) is 0 Å². The molecular weight excluding hydrogens is 426 g/mol. The van der Waals surface area contributed by atoms with Crippen molar-refractivity contribution < 1.29 is 28.2 Å². The minimum atomic E-state index is -0.633. The highest BCUT2D eigenvalue weighted by Crippen LogP contribution is 2.37. The third kappa shape index (κ3) is 4.25. The van der Waals surface area contributed by atoms with Gasteiger partial charge >= 0.3 is 5.63 Å². The first-order chi connectivity index (χ1) is 14.8. The molecule has 2 aromatic carbocycles. The van der Waals surface area contributed by atoms with Crippen molar-refractivity contribution in [2.45, 2.75) is 13.3 Å². The molecule has 3 aromatic rings. The van der Waals surface area contributed by atoms with Crippen molar-refractivity contribution in [2.24, 2.45) is 0 Å². The summed E-state index contributed by atoms with van der Waals surface area (Å²) < 4.78 is 26.5. The van der Waals surface area contributed by atoms with E-state index in [1.807, 2.05) is 0 Å². The molecule has 1 aromatic heterocycles. The number of anilines is 1. The number of aryl methyl sites for hydroxylation is 1. The smallest absolute Gasteiger partial charge is 0.340 e. The number of amides is 1. The normalized spacial score (nSPS) is 10.6. The van der Waals surface area contributed by atoms with Crippen molar-refractivity contribution in [1.82, 2.24) is 0 Å². The third-order valence-corrected chi connectivity index (χ3v) is 5.18. The molecule has 0 aliphatic heterocycles. The van der Waals surface area contributed by atoms with E-state index in [-0.39, 0.29) is 17.6 Å². The quantitative estimate of drug-likeness (QED) is 0.547. The molecule has 0 aliphatic carbocycles. The molecule has 0 aliphatic rings. The summed E-state index contributed by atoms with van der Waals surface area (Å²) in [6.07, 6.45) is -0.203. The molecule has 8 nitrogen and oxygen atoms in total. The molecule has 0 saturated carbocycles. The highest BCUT2D eigenvalue weighted by atomic mass is 35.5. The average molecular weight is 448 g/mol. The summed E-state index contributed by atoms with van der Waals surface area (Å²) in [5, 5.41) is 3.67. The van der Waals surface area contributed by atoms with Crippen LogP contribution in [0.5, 0.6) is 23.0 Å². The Labute approximate surface area is 183 Å². The van der Waals surface area contributed by atoms with Gasteiger partial charge in [-0.1, -0.05) is 11.6 Å². The number of methoxy groups -OCH3 is 4. The third-order valence-electron chi connectivity index (χ3n) is 4.88. The van der Waals surface area contributed by atoms with Gasteiger partial charge in [0.2, 0.25) is 11.7 Å². The van der Waals surface area contributed by atoms with Gasteiger partial charge in [0, 0.05) is 11.5 Å². The summed E-state index contributed by atoms with van der Waals surface area (Å²) in [4.78, 5) is 25.4. The van der Waals surface area contributed by atoms with Gasteiger partial charge in [0.15, 0.2) is 11.3 Å². The van der Waals surface area contributed by atoms with Crippen molar-refractivity contribution in [3.63, 3.8) is 0 Å². The number of fused-ring (bicyclic) bond motifs is 1. The predicted octanol–water partition coefficient (Wildman–Crippen LogP) is 3.97. The van der Waals surface area contributed by atoms with E-state index in [0.717, 1.165) is 0 Å². The highest BCUT2D eigenvalue weighted by Gasteiger charge is 2.20. The SMILES string of the molecule is COc1cc(OC)c(NC(=O)Cc2c(C)c3ccc(OC)c(OC)c3oc2=O)cc1Cl. The van der Waals surface area contributed by atoms with Gasteiger partial charge in [-0.25, -0.2) is 4.79 Å². The summed E-state index contributed by atoms with van der Waals surface area (Å²) >= 11 is 6.15. The van der Waals surface area contributed by atoms with E-state index in [4.69, 9.17) is 35.0 Å². The van der Waals surface area contributed by atoms with Crippen LogP contribution in [-0.4, -0.2) is 34.3 Å². The lowest BCUT2D eigenvalue weighted by Gasteiger charge is -2.14. The highest BCUT2D eigenvalue weighted by molar-refractivity contribution is 6.32. The fourth-order valence-corrected chi connectivity index (χ4v) is 3.52. The standard InChI is InChI=1S/C22H22ClNO7/c1-11-12-6-7-16(27-2)21(30-5)20(12)31-22(26)13(11)8-19(25)24-15-9-14(23)17(28-3)10-18(15)29-4/h6-7,9-10H,8H2,1-5H3,(H,24,25). The van der Waals surface area contributed by atoms with Crippen LogP contribution >= 0.6 is 11.6 Å². The van der Waals surface area contributed by atoms with Gasteiger partial charge < -0.3 is 28.7 Å². The maximum atomic E-state index is 12.7. The van der Waals surface area contributed by atoms with Crippen molar-refractivity contribution in [3.8, 4) is 23.0 Å². The number of carbonyl (C=O) groups excluding carboxylic acids is 1. The zero-order valence-corrected chi connectivity index (χ0v) is 18.5. The Morgan fingerprint density at radius 2 is 1.68 bits per heavy atom. The van der Waals surface area contributed by atoms with Crippen LogP contribution < -0.4 is 29.9 Å². The minimum absolute atomic E-state index is 0.203. The van der Waals surface area contributed by atoms with Crippen LogP contribution in [0.1, 0.15) is 11.1 Å². The van der Waals surface area contributed by atoms with E-state index in [1.54, 1.807) is 25.1 Å². The van der Waals surface area contributed by atoms with Gasteiger partial charge in [-0.15, -0.1) is 0 Å². The zero-order chi connectivity index (χ0) is 22.7. The summed E-state index contributed by atoms with van der Waals surface area (Å²) in [7, 11) is 5.89. The van der Waals surface area contributed by atoms with Gasteiger partial charge in [0.1, 0.15) is 11.5 Å². The van der Waals surface area contributed by atoms with Gasteiger partial charge in [0.25, 0.3) is 0 Å². The zero-order valence-electron chi connectivity index (χ0n) is 17.8. The number of hydrogen-bond donors (Lipinski definition) is 1. The van der Waals surface area contributed by atoms with E-state index in [9.17, 15) is 9.59 Å². The number of benzene rings is 2. The number of nitrogens with one attached hydrogen (secondary N) is 1. The molecule has 164 valence electrons. The molecule has 0 unspecified atom stereocenters. The summed E-state index contributed by atoms with van der Waals surface area (Å²) in [6, 6.07) is 6.54. The number of ether oxygens (including phenoxy) is 4. The van der Waals surface area contributed by atoms with Crippen molar-refractivity contribution >= 4 is 34.2 Å². The lowest BCUT2D eigenvalue weighted by Crippen LogP contribution is -2.21. The van der Waals surface area contributed by atoms with Crippen molar-refractivity contribution in [3.05, 3.63) is 50.8 Å². The molecule has 0 radical (unpaired) electrons. The van der Waals surface area contributed by atoms with Crippen molar-refractivity contribution in [2.75, 3.05) is 33.8 Å². The number of carbonyl (C=O) groups is 1. The first-order valence-corrected chi connectivity index (χ1v) is 9.61. The Bertz CT molecular complexity index is 1200. The Balaban J connectivity index is 1.96. The summed E-state index contributed by atoms with van der Waals surface area (Å²) in [5.74, 6) is 1.09. The van der Waals surface area contributed by atoms with Crippen LogP contribution in [0.15, 0.2) is 33.5 Å². The number of halogens is 1. The Morgan fingerprint density at radius 1 is 1.00 bits per heavy atom. The van der Waals surface area contributed by atoms with Crippen LogP contribution in [0.4, 0.5) is 5.69 Å². The number of hydrogen-bond acceptors (Lipinski definition) is 7. The molecule has 0 spiro atoms. The fourth-order valence-electron chi connectivity index (χ4n) is 3.28. The molecule has 1 N–H and O–H groups in total. The van der Waals surface area contributed by atoms with Crippen molar-refractivity contribution in [1.29, 1.82) is 0 Å². The van der Waals surface area contributed by atoms with Crippen LogP contribution in [0.2, 0.25) is 5.02 Å². The summed E-state index contributed by atoms with van der Waals surface area (Å²) in [6.45, 7) is 1.75. The molecular formula is C22H22ClNO7. The molecule has 1 amide bonds. The fraction of sp³-hybridized carbons (Fsp3) is 0.273. The second-order valence-corrected chi connectivity index (χ2v) is 6.99. The van der Waals surface area contributed by atoms with Gasteiger partial charge in [-0.2, -0.15) is 0 Å². The van der Waals surface area contributed by atoms with E-state index >= 15 is 0 Å². The maximum absolute atomic E-state index is 12.7. The second-order valence-electron chi connectivity index (χ2n) is 6.58. The largest absolute Gasteiger partial charge is 0.495 e. The molecule has 1 heterocycles. The van der Waals surface area contributed by atoms with E-state index in [1.165, 1.54) is 34.5 Å². The Hall–Kier alpha value is -3.39. The lowest BCUT2D eigenvalue weighted by molar-refractivity contribution is -0.115. The van der Waals surface area contributed by atoms with E-state index in [2.05, 4.69) is 5.32 Å². The average Bonchev–Trinajstić information content (AvgIpc) is 2.76. The van der Waals surface area contributed by atoms with Crippen LogP contribution in [-0.2, 0) is 11.2 Å². The molecule has 9 heteroatoms. The monoisotopic (exact) mass is 447 g/mol. The Morgan fingerprint density at radius 3 is 2.29 bits per heavy atom. The number of rotatable bonds is 7. The van der Waals surface area contributed by atoms with Gasteiger partial charge in [-0.05, 0) is 30.7 Å². The maximum Gasteiger partial charge on any atom is 0.340 e. The second kappa shape index (κ2) is 9.18. The Kier molecular flexibility index (Phi) is 6.60. The molecule has 3 rings (SSSR count). The van der Waals surface area contributed by atoms with Crippen LogP contribution in [0.25, 0.3) is 11.0 Å². The molecule has 0 fully saturated rings. The lowest BCUT2D eigenvalue weighted by atomic mass is 10.0. The molecule has 0 bridgehead atoms. The molecule has 0 atom stereocenters. The van der Waals surface area contributed by atoms with Gasteiger partial charge in [0.05, 0.1) is 51.1 Å². The first-order valence-electron chi connectivity index (χ1n) is 9.23. The molecule has 0 saturated heterocycles. The predicted molar refractivity (Wildman–Crippen MR) is 117 cm³/mol. The van der Waals surface area contributed by atoms with Crippen LogP contribution in [0, 0.1) is 6.92 Å². The summed E-state index contributed by atoms with van der Waals surface area (Å²) in [5.41, 5.74) is 0.828. The molecule has 31 heavy (non-hydrogen) atoms. The minimum Gasteiger partial charge on any atom is -0.495 e. The first kappa shape index (κ1) is 22.3. The van der Waals surface area contributed by atoms with E-state index < -0.39 is 11.5 Å². The topological polar surface area (TPSA) is 96.2 Å².